The first-order valence-electron chi connectivity index (χ1n) is 14.1. The number of ether oxygens (including phenoxy) is 2. The van der Waals surface area contributed by atoms with Gasteiger partial charge in [0.05, 0.1) is 42.2 Å². The zero-order valence-electron chi connectivity index (χ0n) is 24.4. The Balaban J connectivity index is 1.47. The number of para-hydroxylation sites is 1. The molecule has 5 rings (SSSR count). The monoisotopic (exact) mass is 637 g/mol. The SMILES string of the molecule is CCOc1cc(F)c(Cn2nc(-c3ncc(OCCCN[C@@H](C)C(=O)O)c(Nc4ccncc4Cl)n3)c3ccccc32)c(F)c1. The molecule has 0 aliphatic heterocycles. The molecule has 0 spiro atoms. The highest BCUT2D eigenvalue weighted by Crippen LogP contribution is 2.33. The van der Waals surface area contributed by atoms with Gasteiger partial charge >= 0.3 is 5.97 Å². The van der Waals surface area contributed by atoms with Crippen LogP contribution >= 0.6 is 11.6 Å². The van der Waals surface area contributed by atoms with Crippen molar-refractivity contribution in [2.45, 2.75) is 32.9 Å². The Morgan fingerprint density at radius 3 is 2.64 bits per heavy atom. The summed E-state index contributed by atoms with van der Waals surface area (Å²) < 4.78 is 42.6. The van der Waals surface area contributed by atoms with E-state index in [0.717, 1.165) is 12.1 Å². The summed E-state index contributed by atoms with van der Waals surface area (Å²) in [4.78, 5) is 24.3. The van der Waals surface area contributed by atoms with E-state index in [1.54, 1.807) is 38.2 Å². The van der Waals surface area contributed by atoms with Gasteiger partial charge in [0.15, 0.2) is 17.4 Å². The minimum absolute atomic E-state index is 0.110. The molecule has 3 aromatic heterocycles. The third-order valence-corrected chi connectivity index (χ3v) is 7.08. The Bertz CT molecular complexity index is 1800. The summed E-state index contributed by atoms with van der Waals surface area (Å²) in [7, 11) is 0. The maximum absolute atomic E-state index is 15.0. The summed E-state index contributed by atoms with van der Waals surface area (Å²) in [5.74, 6) is -1.48. The number of nitrogens with zero attached hydrogens (tertiary/aromatic N) is 5. The highest BCUT2D eigenvalue weighted by Gasteiger charge is 2.20. The van der Waals surface area contributed by atoms with Crippen LogP contribution in [0.1, 0.15) is 25.8 Å². The van der Waals surface area contributed by atoms with E-state index < -0.39 is 23.6 Å². The lowest BCUT2D eigenvalue weighted by Gasteiger charge is -2.14. The summed E-state index contributed by atoms with van der Waals surface area (Å²) in [6, 6.07) is 10.5. The summed E-state index contributed by atoms with van der Waals surface area (Å²) in [5.41, 5.74) is 1.37. The third-order valence-electron chi connectivity index (χ3n) is 6.78. The molecule has 0 amide bonds. The van der Waals surface area contributed by atoms with Gasteiger partial charge in [-0.3, -0.25) is 14.5 Å². The number of carboxylic acids is 1. The van der Waals surface area contributed by atoms with Gasteiger partial charge < -0.3 is 25.2 Å². The molecule has 0 saturated carbocycles. The number of aromatic nitrogens is 5. The van der Waals surface area contributed by atoms with E-state index in [9.17, 15) is 13.6 Å². The Morgan fingerprint density at radius 1 is 1.13 bits per heavy atom. The van der Waals surface area contributed by atoms with Crippen LogP contribution in [0.15, 0.2) is 61.1 Å². The molecule has 0 fully saturated rings. The van der Waals surface area contributed by atoms with E-state index in [4.69, 9.17) is 31.2 Å². The second-order valence-corrected chi connectivity index (χ2v) is 10.3. The second-order valence-electron chi connectivity index (χ2n) is 9.92. The maximum atomic E-state index is 15.0. The van der Waals surface area contributed by atoms with Crippen molar-refractivity contribution in [1.82, 2.24) is 30.0 Å². The molecule has 0 aliphatic carbocycles. The van der Waals surface area contributed by atoms with Gasteiger partial charge in [0.1, 0.15) is 29.1 Å². The standard InChI is InChI=1S/C31H30ClF2N7O4/c1-3-44-19-13-23(33)21(24(34)14-19)17-41-26-8-5-4-7-20(26)28(40-41)30-37-16-27(45-12-6-10-36-18(2)31(42)43)29(39-30)38-25-9-11-35-15-22(25)32/h4-5,7-9,11,13-16,18,36H,3,6,10,12,17H2,1-2H3,(H,42,43)(H,35,37,38,39)/t18-/m0/s1. The molecule has 1 atom stereocenters. The van der Waals surface area contributed by atoms with Crippen molar-refractivity contribution in [3.8, 4) is 23.0 Å². The number of halogens is 3. The first kappa shape index (κ1) is 31.5. The van der Waals surface area contributed by atoms with E-state index in [0.29, 0.717) is 51.8 Å². The van der Waals surface area contributed by atoms with Crippen LogP contribution in [0.2, 0.25) is 5.02 Å². The zero-order chi connectivity index (χ0) is 31.9. The Kier molecular flexibility index (Phi) is 10.0. The molecule has 0 unspecified atom stereocenters. The van der Waals surface area contributed by atoms with Crippen molar-refractivity contribution in [3.05, 3.63) is 83.3 Å². The molecule has 0 radical (unpaired) electrons. The first-order valence-corrected chi connectivity index (χ1v) is 14.5. The predicted octanol–water partition coefficient (Wildman–Crippen LogP) is 5.84. The fourth-order valence-electron chi connectivity index (χ4n) is 4.49. The topological polar surface area (TPSA) is 136 Å². The van der Waals surface area contributed by atoms with Crippen LogP contribution in [0.4, 0.5) is 20.3 Å². The number of rotatable bonds is 14. The number of carboxylic acid groups (broad SMARTS) is 1. The molecule has 0 bridgehead atoms. The number of fused-ring (bicyclic) bond motifs is 1. The number of anilines is 2. The summed E-state index contributed by atoms with van der Waals surface area (Å²) >= 11 is 6.35. The van der Waals surface area contributed by atoms with Gasteiger partial charge in [-0.25, -0.2) is 18.7 Å². The number of nitrogens with one attached hydrogen (secondary N) is 2. The van der Waals surface area contributed by atoms with Crippen molar-refractivity contribution < 1.29 is 28.2 Å². The maximum Gasteiger partial charge on any atom is 0.320 e. The van der Waals surface area contributed by atoms with Crippen LogP contribution < -0.4 is 20.1 Å². The number of pyridine rings is 1. The van der Waals surface area contributed by atoms with Gasteiger partial charge in [-0.2, -0.15) is 5.10 Å². The van der Waals surface area contributed by atoms with Crippen molar-refractivity contribution >= 4 is 40.0 Å². The molecule has 234 valence electrons. The fraction of sp³-hybridized carbons (Fsp3) is 0.258. The number of benzene rings is 2. The van der Waals surface area contributed by atoms with Crippen molar-refractivity contribution in [2.75, 3.05) is 25.1 Å². The van der Waals surface area contributed by atoms with Crippen LogP contribution in [-0.2, 0) is 11.3 Å². The lowest BCUT2D eigenvalue weighted by atomic mass is 10.1. The molecule has 11 nitrogen and oxygen atoms in total. The molecule has 2 aromatic carbocycles. The van der Waals surface area contributed by atoms with Crippen LogP contribution in [0.3, 0.4) is 0 Å². The van der Waals surface area contributed by atoms with Gasteiger partial charge in [0, 0.05) is 35.5 Å². The minimum Gasteiger partial charge on any atom is -0.494 e. The Hall–Kier alpha value is -4.88. The molecule has 3 heterocycles. The van der Waals surface area contributed by atoms with Gasteiger partial charge in [-0.05, 0) is 38.9 Å². The molecule has 0 aliphatic rings. The molecule has 3 N–H and O–H groups in total. The quantitative estimate of drug-likeness (QED) is 0.127. The normalized spacial score (nSPS) is 11.8. The lowest BCUT2D eigenvalue weighted by molar-refractivity contribution is -0.139. The minimum atomic E-state index is -0.940. The van der Waals surface area contributed by atoms with Gasteiger partial charge in [0.25, 0.3) is 0 Å². The number of hydrogen-bond acceptors (Lipinski definition) is 9. The van der Waals surface area contributed by atoms with E-state index in [1.165, 1.54) is 17.1 Å². The molecular weight excluding hydrogens is 608 g/mol. The molecule has 5 aromatic rings. The predicted molar refractivity (Wildman–Crippen MR) is 165 cm³/mol. The van der Waals surface area contributed by atoms with Gasteiger partial charge in [-0.1, -0.05) is 29.8 Å². The number of hydrogen-bond donors (Lipinski definition) is 3. The first-order chi connectivity index (χ1) is 21.7. The van der Waals surface area contributed by atoms with Crippen molar-refractivity contribution in [1.29, 1.82) is 0 Å². The second kappa shape index (κ2) is 14.3. The van der Waals surface area contributed by atoms with Gasteiger partial charge in [-0.15, -0.1) is 0 Å². The molecule has 14 heteroatoms. The fourth-order valence-corrected chi connectivity index (χ4v) is 4.65. The summed E-state index contributed by atoms with van der Waals surface area (Å²) in [5, 5.41) is 20.8. The lowest BCUT2D eigenvalue weighted by Crippen LogP contribution is -2.34. The zero-order valence-corrected chi connectivity index (χ0v) is 25.2. The van der Waals surface area contributed by atoms with Crippen LogP contribution in [0, 0.1) is 11.6 Å². The largest absolute Gasteiger partial charge is 0.494 e. The van der Waals surface area contributed by atoms with Gasteiger partial charge in [0.2, 0.25) is 0 Å². The molecule has 0 saturated heterocycles. The Morgan fingerprint density at radius 2 is 1.91 bits per heavy atom. The average molecular weight is 638 g/mol. The molecular formula is C31H30ClF2N7O4. The van der Waals surface area contributed by atoms with Crippen molar-refractivity contribution in [2.24, 2.45) is 0 Å². The summed E-state index contributed by atoms with van der Waals surface area (Å²) in [6.07, 6.45) is 5.06. The van der Waals surface area contributed by atoms with Crippen LogP contribution in [-0.4, -0.2) is 61.6 Å². The van der Waals surface area contributed by atoms with E-state index in [1.807, 2.05) is 12.1 Å². The smallest absolute Gasteiger partial charge is 0.320 e. The third kappa shape index (κ3) is 7.44. The van der Waals surface area contributed by atoms with E-state index in [2.05, 4.69) is 25.7 Å². The number of aliphatic carboxylic acids is 1. The summed E-state index contributed by atoms with van der Waals surface area (Å²) in [6.45, 7) is 4.06. The highest BCUT2D eigenvalue weighted by molar-refractivity contribution is 6.33. The van der Waals surface area contributed by atoms with Crippen molar-refractivity contribution in [3.63, 3.8) is 0 Å². The van der Waals surface area contributed by atoms with E-state index in [-0.39, 0.29) is 36.9 Å². The highest BCUT2D eigenvalue weighted by atomic mass is 35.5. The Labute approximate surface area is 262 Å². The van der Waals surface area contributed by atoms with Crippen LogP contribution in [0.5, 0.6) is 11.5 Å². The molecule has 45 heavy (non-hydrogen) atoms. The average Bonchev–Trinajstić information content (AvgIpc) is 3.39. The van der Waals surface area contributed by atoms with E-state index >= 15 is 0 Å². The van der Waals surface area contributed by atoms with Crippen LogP contribution in [0.25, 0.3) is 22.4 Å². The number of carbonyl (C=O) groups is 1.